The zero-order chi connectivity index (χ0) is 21.7. The molecule has 0 unspecified atom stereocenters. The van der Waals surface area contributed by atoms with Gasteiger partial charge in [-0.3, -0.25) is 4.99 Å². The number of carbonyl (C=O) groups excluding carboxylic acids is 1. The van der Waals surface area contributed by atoms with E-state index >= 15 is 0 Å². The number of para-hydroxylation sites is 1. The summed E-state index contributed by atoms with van der Waals surface area (Å²) in [5.74, 6) is -0.576. The molecule has 0 radical (unpaired) electrons. The molecule has 2 aromatic carbocycles. The number of carbonyl (C=O) groups is 1. The summed E-state index contributed by atoms with van der Waals surface area (Å²) < 4.78 is 10.6. The predicted octanol–water partition coefficient (Wildman–Crippen LogP) is 4.27. The van der Waals surface area contributed by atoms with E-state index in [1.807, 2.05) is 21.0 Å². The van der Waals surface area contributed by atoms with Crippen molar-refractivity contribution in [3.05, 3.63) is 64.0 Å². The van der Waals surface area contributed by atoms with E-state index in [4.69, 9.17) is 9.15 Å². The van der Waals surface area contributed by atoms with E-state index in [0.717, 1.165) is 12.8 Å². The van der Waals surface area contributed by atoms with Crippen molar-refractivity contribution in [1.29, 1.82) is 0 Å². The van der Waals surface area contributed by atoms with Crippen LogP contribution in [0.2, 0.25) is 0 Å². The third-order valence-electron chi connectivity index (χ3n) is 4.58. The summed E-state index contributed by atoms with van der Waals surface area (Å²) in [5.41, 5.74) is 1.21. The lowest BCUT2D eigenvalue weighted by molar-refractivity contribution is 0.0500. The van der Waals surface area contributed by atoms with Gasteiger partial charge < -0.3 is 19.2 Å². The maximum Gasteiger partial charge on any atom is 0.349 e. The Hall–Kier alpha value is -3.61. The summed E-state index contributed by atoms with van der Waals surface area (Å²) in [6.45, 7) is 2.41. The van der Waals surface area contributed by atoms with E-state index in [0.29, 0.717) is 34.5 Å². The molecular weight excluding hydrogens is 384 g/mol. The van der Waals surface area contributed by atoms with Gasteiger partial charge in [0.15, 0.2) is 5.58 Å². The standard InChI is InChI=1S/C23H24N2O5/c1-4-5-13-29-22(27)15-9-11-16(12-10-15)24-14-18-20(26)17-7-6-8-19(25(2)3)21(17)30-23(18)28/h6-12,14,26H,4-5,13H2,1-3H3. The van der Waals surface area contributed by atoms with Crippen LogP contribution in [0, 0.1) is 0 Å². The van der Waals surface area contributed by atoms with Crippen molar-refractivity contribution < 1.29 is 19.1 Å². The second-order valence-corrected chi connectivity index (χ2v) is 6.99. The molecule has 0 saturated heterocycles. The highest BCUT2D eigenvalue weighted by Gasteiger charge is 2.15. The van der Waals surface area contributed by atoms with Gasteiger partial charge in [0.25, 0.3) is 0 Å². The Morgan fingerprint density at radius 1 is 1.20 bits per heavy atom. The van der Waals surface area contributed by atoms with Gasteiger partial charge in [-0.1, -0.05) is 19.4 Å². The molecule has 1 aromatic heterocycles. The topological polar surface area (TPSA) is 92.3 Å². The number of aliphatic imine (C=N–C) groups is 1. The number of anilines is 1. The maximum atomic E-state index is 12.4. The Morgan fingerprint density at radius 3 is 2.60 bits per heavy atom. The van der Waals surface area contributed by atoms with Crippen LogP contribution in [0.4, 0.5) is 11.4 Å². The van der Waals surface area contributed by atoms with Crippen molar-refractivity contribution >= 4 is 34.5 Å². The lowest BCUT2D eigenvalue weighted by Gasteiger charge is -2.14. The van der Waals surface area contributed by atoms with E-state index in [2.05, 4.69) is 4.99 Å². The predicted molar refractivity (Wildman–Crippen MR) is 117 cm³/mol. The number of ether oxygens (including phenoxy) is 1. The molecule has 0 amide bonds. The molecule has 3 rings (SSSR count). The fourth-order valence-electron chi connectivity index (χ4n) is 2.89. The van der Waals surface area contributed by atoms with Gasteiger partial charge in [-0.15, -0.1) is 0 Å². The molecule has 0 atom stereocenters. The molecule has 0 bridgehead atoms. The number of nitrogens with zero attached hydrogens (tertiary/aromatic N) is 2. The van der Waals surface area contributed by atoms with Crippen molar-refractivity contribution in [2.75, 3.05) is 25.6 Å². The fourth-order valence-corrected chi connectivity index (χ4v) is 2.89. The molecule has 7 nitrogen and oxygen atoms in total. The molecule has 0 fully saturated rings. The fraction of sp³-hybridized carbons (Fsp3) is 0.261. The molecule has 30 heavy (non-hydrogen) atoms. The average Bonchev–Trinajstić information content (AvgIpc) is 2.73. The molecule has 0 spiro atoms. The Kier molecular flexibility index (Phi) is 6.51. The Morgan fingerprint density at radius 2 is 1.93 bits per heavy atom. The van der Waals surface area contributed by atoms with Gasteiger partial charge in [-0.2, -0.15) is 0 Å². The van der Waals surface area contributed by atoms with Crippen LogP contribution in [-0.4, -0.2) is 38.0 Å². The van der Waals surface area contributed by atoms with Crippen molar-refractivity contribution in [1.82, 2.24) is 0 Å². The normalized spacial score (nSPS) is 11.2. The first-order valence-electron chi connectivity index (χ1n) is 9.69. The zero-order valence-electron chi connectivity index (χ0n) is 17.2. The number of hydrogen-bond acceptors (Lipinski definition) is 7. The van der Waals surface area contributed by atoms with Crippen LogP contribution in [0.3, 0.4) is 0 Å². The number of fused-ring (bicyclic) bond motifs is 1. The van der Waals surface area contributed by atoms with E-state index in [1.165, 1.54) is 6.21 Å². The van der Waals surface area contributed by atoms with E-state index in [9.17, 15) is 14.7 Å². The number of rotatable bonds is 7. The van der Waals surface area contributed by atoms with Crippen LogP contribution in [0.25, 0.3) is 11.0 Å². The molecule has 0 aliphatic heterocycles. The Bertz CT molecular complexity index is 1130. The summed E-state index contributed by atoms with van der Waals surface area (Å²) in [4.78, 5) is 30.4. The van der Waals surface area contributed by atoms with Gasteiger partial charge >= 0.3 is 11.6 Å². The van der Waals surface area contributed by atoms with Gasteiger partial charge in [0.2, 0.25) is 0 Å². The minimum atomic E-state index is -0.686. The van der Waals surface area contributed by atoms with Crippen molar-refractivity contribution in [2.24, 2.45) is 4.99 Å². The van der Waals surface area contributed by atoms with Crippen LogP contribution in [0.15, 0.2) is 56.7 Å². The van der Waals surface area contributed by atoms with E-state index < -0.39 is 5.63 Å². The second kappa shape index (κ2) is 9.26. The monoisotopic (exact) mass is 408 g/mol. The Labute approximate surface area is 174 Å². The van der Waals surface area contributed by atoms with Crippen LogP contribution in [0.5, 0.6) is 5.75 Å². The molecule has 7 heteroatoms. The van der Waals surface area contributed by atoms with E-state index in [1.54, 1.807) is 47.4 Å². The summed E-state index contributed by atoms with van der Waals surface area (Å²) >= 11 is 0. The lowest BCUT2D eigenvalue weighted by Crippen LogP contribution is -2.12. The van der Waals surface area contributed by atoms with Crippen molar-refractivity contribution in [3.63, 3.8) is 0 Å². The number of esters is 1. The number of hydrogen-bond donors (Lipinski definition) is 1. The summed E-state index contributed by atoms with van der Waals surface area (Å²) in [7, 11) is 3.65. The highest BCUT2D eigenvalue weighted by Crippen LogP contribution is 2.31. The molecular formula is C23H24N2O5. The SMILES string of the molecule is CCCCOC(=O)c1ccc(N=Cc2c(O)c3cccc(N(C)C)c3oc2=O)cc1. The molecule has 0 saturated carbocycles. The minimum absolute atomic E-state index is 0.0403. The summed E-state index contributed by atoms with van der Waals surface area (Å²) in [6.07, 6.45) is 3.03. The van der Waals surface area contributed by atoms with Crippen molar-refractivity contribution in [2.45, 2.75) is 19.8 Å². The third kappa shape index (κ3) is 4.51. The molecule has 1 heterocycles. The second-order valence-electron chi connectivity index (χ2n) is 6.99. The zero-order valence-corrected chi connectivity index (χ0v) is 17.2. The van der Waals surface area contributed by atoms with Crippen molar-refractivity contribution in [3.8, 4) is 5.75 Å². The summed E-state index contributed by atoms with van der Waals surface area (Å²) in [6, 6.07) is 11.7. The number of unbranched alkanes of at least 4 members (excludes halogenated alkanes) is 1. The van der Waals surface area contributed by atoms with Gasteiger partial charge in [-0.25, -0.2) is 9.59 Å². The minimum Gasteiger partial charge on any atom is -0.506 e. The van der Waals surface area contributed by atoms with Gasteiger partial charge in [0.05, 0.1) is 28.9 Å². The van der Waals surface area contributed by atoms with E-state index in [-0.39, 0.29) is 17.3 Å². The van der Waals surface area contributed by atoms with Gasteiger partial charge in [-0.05, 0) is 42.8 Å². The quantitative estimate of drug-likeness (QED) is 0.272. The number of benzene rings is 2. The van der Waals surface area contributed by atoms with Crippen LogP contribution in [0.1, 0.15) is 35.7 Å². The maximum absolute atomic E-state index is 12.4. The first kappa shape index (κ1) is 21.1. The van der Waals surface area contributed by atoms with Crippen LogP contribution < -0.4 is 10.5 Å². The largest absolute Gasteiger partial charge is 0.506 e. The smallest absolute Gasteiger partial charge is 0.349 e. The molecule has 1 N–H and O–H groups in total. The molecule has 0 aliphatic rings. The van der Waals surface area contributed by atoms with Gasteiger partial charge in [0.1, 0.15) is 11.3 Å². The molecule has 156 valence electrons. The Balaban J connectivity index is 1.86. The highest BCUT2D eigenvalue weighted by atomic mass is 16.5. The van der Waals surface area contributed by atoms with Crippen LogP contribution in [-0.2, 0) is 4.74 Å². The highest BCUT2D eigenvalue weighted by molar-refractivity contribution is 5.98. The third-order valence-corrected chi connectivity index (χ3v) is 4.58. The average molecular weight is 408 g/mol. The first-order valence-corrected chi connectivity index (χ1v) is 9.69. The van der Waals surface area contributed by atoms with Crippen LogP contribution >= 0.6 is 0 Å². The lowest BCUT2D eigenvalue weighted by atomic mass is 10.1. The first-order chi connectivity index (χ1) is 14.4. The molecule has 0 aliphatic carbocycles. The molecule has 3 aromatic rings. The number of aromatic hydroxyl groups is 1. The summed E-state index contributed by atoms with van der Waals surface area (Å²) in [5, 5.41) is 11.0. The van der Waals surface area contributed by atoms with Gasteiger partial charge in [0, 0.05) is 20.3 Å².